The van der Waals surface area contributed by atoms with Crippen LogP contribution in [0.15, 0.2) is 47.5 Å². The molecule has 1 amide bonds. The van der Waals surface area contributed by atoms with Crippen LogP contribution in [0.2, 0.25) is 0 Å². The number of anilines is 1. The van der Waals surface area contributed by atoms with Crippen molar-refractivity contribution in [2.45, 2.75) is 68.2 Å². The van der Waals surface area contributed by atoms with Gasteiger partial charge in [0.2, 0.25) is 0 Å². The maximum atomic E-state index is 13.2. The van der Waals surface area contributed by atoms with Crippen LogP contribution >= 0.6 is 11.8 Å². The summed E-state index contributed by atoms with van der Waals surface area (Å²) in [5.41, 5.74) is 1.82. The van der Waals surface area contributed by atoms with Crippen molar-refractivity contribution in [1.29, 1.82) is 0 Å². The number of benzene rings is 1. The Bertz CT molecular complexity index is 947. The zero-order valence-electron chi connectivity index (χ0n) is 19.0. The monoisotopic (exact) mass is 467 g/mol. The normalized spacial score (nSPS) is 19.3. The number of pyridine rings is 1. The Labute approximate surface area is 200 Å². The molecular formula is C26H33N3O3S. The number of hydrogen-bond donors (Lipinski definition) is 2. The summed E-state index contributed by atoms with van der Waals surface area (Å²) in [7, 11) is 0. The predicted octanol–water partition coefficient (Wildman–Crippen LogP) is 5.13. The lowest BCUT2D eigenvalue weighted by molar-refractivity contribution is -0.138. The lowest BCUT2D eigenvalue weighted by Crippen LogP contribution is -2.38. The largest absolute Gasteiger partial charge is 0.481 e. The van der Waals surface area contributed by atoms with Crippen molar-refractivity contribution in [3.63, 3.8) is 0 Å². The van der Waals surface area contributed by atoms with Gasteiger partial charge in [0.05, 0.1) is 5.56 Å². The number of hydrogen-bond acceptors (Lipinski definition) is 5. The Hall–Kier alpha value is -2.54. The first-order chi connectivity index (χ1) is 16.1. The van der Waals surface area contributed by atoms with Crippen molar-refractivity contribution < 1.29 is 14.7 Å². The van der Waals surface area contributed by atoms with Gasteiger partial charge in [-0.05, 0) is 49.3 Å². The molecule has 33 heavy (non-hydrogen) atoms. The highest BCUT2D eigenvalue weighted by molar-refractivity contribution is 7.98. The lowest BCUT2D eigenvalue weighted by atomic mass is 9.95. The molecule has 2 N–H and O–H groups in total. The third kappa shape index (κ3) is 6.73. The Morgan fingerprint density at radius 1 is 1.03 bits per heavy atom. The zero-order valence-corrected chi connectivity index (χ0v) is 19.9. The van der Waals surface area contributed by atoms with Crippen LogP contribution < -0.4 is 10.2 Å². The first kappa shape index (κ1) is 23.6. The van der Waals surface area contributed by atoms with Crippen molar-refractivity contribution in [3.8, 4) is 0 Å². The van der Waals surface area contributed by atoms with E-state index < -0.39 is 5.97 Å². The first-order valence-corrected chi connectivity index (χ1v) is 13.0. The van der Waals surface area contributed by atoms with Gasteiger partial charge < -0.3 is 15.3 Å². The van der Waals surface area contributed by atoms with Gasteiger partial charge in [0.15, 0.2) is 0 Å². The number of nitrogens with one attached hydrogen (secondary N) is 1. The van der Waals surface area contributed by atoms with E-state index in [1.807, 2.05) is 30.3 Å². The number of aromatic nitrogens is 1. The summed E-state index contributed by atoms with van der Waals surface area (Å²) in [5, 5.41) is 13.2. The summed E-state index contributed by atoms with van der Waals surface area (Å²) in [6, 6.07) is 14.3. The number of thioether (sulfide) groups is 1. The average Bonchev–Trinajstić information content (AvgIpc) is 2.83. The Morgan fingerprint density at radius 3 is 2.58 bits per heavy atom. The van der Waals surface area contributed by atoms with Gasteiger partial charge in [-0.2, -0.15) is 0 Å². The fraction of sp³-hybridized carbons (Fsp3) is 0.500. The van der Waals surface area contributed by atoms with E-state index in [4.69, 9.17) is 4.98 Å². The van der Waals surface area contributed by atoms with Crippen LogP contribution in [0.4, 0.5) is 5.82 Å². The average molecular weight is 468 g/mol. The van der Waals surface area contributed by atoms with Gasteiger partial charge in [0.25, 0.3) is 5.91 Å². The van der Waals surface area contributed by atoms with Crippen molar-refractivity contribution >= 4 is 29.5 Å². The van der Waals surface area contributed by atoms with Crippen LogP contribution in [0.3, 0.4) is 0 Å². The molecule has 2 fully saturated rings. The second kappa shape index (κ2) is 11.5. The highest BCUT2D eigenvalue weighted by Crippen LogP contribution is 2.30. The number of nitrogens with zero attached hydrogens (tertiary/aromatic N) is 2. The molecule has 2 heterocycles. The van der Waals surface area contributed by atoms with E-state index in [0.29, 0.717) is 12.1 Å². The molecule has 1 saturated heterocycles. The van der Waals surface area contributed by atoms with E-state index in [-0.39, 0.29) is 24.3 Å². The molecule has 1 saturated carbocycles. The number of carbonyl (C=O) groups is 2. The molecule has 6 nitrogen and oxygen atoms in total. The SMILES string of the molecule is O=C(O)C[C@@H]1CCCN(c2ccc(C(=O)NC3CCCCC3)c(SCc3ccccc3)n2)C1. The topological polar surface area (TPSA) is 82.5 Å². The van der Waals surface area contributed by atoms with Crippen LogP contribution in [-0.4, -0.2) is 41.1 Å². The molecule has 176 valence electrons. The van der Waals surface area contributed by atoms with E-state index in [1.165, 1.54) is 24.8 Å². The summed E-state index contributed by atoms with van der Waals surface area (Å²) in [6.45, 7) is 1.55. The van der Waals surface area contributed by atoms with Crippen molar-refractivity contribution in [2.24, 2.45) is 5.92 Å². The summed E-state index contributed by atoms with van der Waals surface area (Å²) < 4.78 is 0. The number of aliphatic carboxylic acids is 1. The Kier molecular flexibility index (Phi) is 8.26. The maximum Gasteiger partial charge on any atom is 0.303 e. The Morgan fingerprint density at radius 2 is 1.82 bits per heavy atom. The number of amides is 1. The van der Waals surface area contributed by atoms with Gasteiger partial charge in [-0.1, -0.05) is 49.6 Å². The molecule has 0 bridgehead atoms. The van der Waals surface area contributed by atoms with Crippen LogP contribution in [0.1, 0.15) is 67.3 Å². The summed E-state index contributed by atoms with van der Waals surface area (Å²) in [4.78, 5) is 31.4. The van der Waals surface area contributed by atoms with Gasteiger partial charge in [-0.15, -0.1) is 11.8 Å². The fourth-order valence-electron chi connectivity index (χ4n) is 4.81. The van der Waals surface area contributed by atoms with Gasteiger partial charge >= 0.3 is 5.97 Å². The van der Waals surface area contributed by atoms with Crippen LogP contribution in [0.5, 0.6) is 0 Å². The molecule has 1 aromatic heterocycles. The predicted molar refractivity (Wildman–Crippen MR) is 132 cm³/mol. The van der Waals surface area contributed by atoms with Gasteiger partial charge in [-0.25, -0.2) is 4.98 Å². The van der Waals surface area contributed by atoms with Crippen LogP contribution in [-0.2, 0) is 10.5 Å². The highest BCUT2D eigenvalue weighted by atomic mass is 32.2. The zero-order chi connectivity index (χ0) is 23.0. The van der Waals surface area contributed by atoms with E-state index in [0.717, 1.165) is 48.8 Å². The number of carbonyl (C=O) groups excluding carboxylic acids is 1. The summed E-state index contributed by atoms with van der Waals surface area (Å²) in [5.74, 6) is 0.910. The van der Waals surface area contributed by atoms with Gasteiger partial charge in [-0.3, -0.25) is 9.59 Å². The molecule has 2 aliphatic rings. The first-order valence-electron chi connectivity index (χ1n) is 12.0. The van der Waals surface area contributed by atoms with Crippen molar-refractivity contribution in [2.75, 3.05) is 18.0 Å². The van der Waals surface area contributed by atoms with Crippen molar-refractivity contribution in [3.05, 3.63) is 53.6 Å². The Balaban J connectivity index is 1.53. The molecule has 1 atom stereocenters. The minimum Gasteiger partial charge on any atom is -0.481 e. The third-order valence-electron chi connectivity index (χ3n) is 6.56. The third-order valence-corrected chi connectivity index (χ3v) is 7.62. The molecule has 1 aliphatic heterocycles. The molecule has 4 rings (SSSR count). The molecular weight excluding hydrogens is 434 g/mol. The molecule has 0 spiro atoms. The molecule has 7 heteroatoms. The molecule has 1 aromatic carbocycles. The van der Waals surface area contributed by atoms with Gasteiger partial charge in [0.1, 0.15) is 10.8 Å². The molecule has 1 aliphatic carbocycles. The molecule has 0 unspecified atom stereocenters. The van der Waals surface area contributed by atoms with E-state index in [1.54, 1.807) is 11.8 Å². The summed E-state index contributed by atoms with van der Waals surface area (Å²) in [6.07, 6.45) is 7.75. The molecule has 2 aromatic rings. The standard InChI is InChI=1S/C26H33N3O3S/c30-24(31)16-20-10-7-15-29(17-20)23-14-13-22(25(32)27-21-11-5-2-6-12-21)26(28-23)33-18-19-8-3-1-4-9-19/h1,3-4,8-9,13-14,20-21H,2,5-7,10-12,15-18H2,(H,27,32)(H,30,31)/t20-/m0/s1. The quantitative estimate of drug-likeness (QED) is 0.524. The number of carboxylic acids is 1. The number of rotatable bonds is 8. The van der Waals surface area contributed by atoms with E-state index in [2.05, 4.69) is 22.3 Å². The lowest BCUT2D eigenvalue weighted by Gasteiger charge is -2.33. The van der Waals surface area contributed by atoms with Crippen molar-refractivity contribution in [1.82, 2.24) is 10.3 Å². The van der Waals surface area contributed by atoms with Crippen LogP contribution in [0, 0.1) is 5.92 Å². The maximum absolute atomic E-state index is 13.2. The minimum absolute atomic E-state index is 0.0427. The molecule has 0 radical (unpaired) electrons. The minimum atomic E-state index is -0.747. The van der Waals surface area contributed by atoms with Crippen LogP contribution in [0.25, 0.3) is 0 Å². The number of piperidine rings is 1. The second-order valence-corrected chi connectivity index (χ2v) is 10.1. The van der Waals surface area contributed by atoms with E-state index >= 15 is 0 Å². The fourth-order valence-corrected chi connectivity index (χ4v) is 5.78. The van der Waals surface area contributed by atoms with E-state index in [9.17, 15) is 14.7 Å². The highest BCUT2D eigenvalue weighted by Gasteiger charge is 2.25. The van der Waals surface area contributed by atoms with Gasteiger partial charge in [0, 0.05) is 31.3 Å². The second-order valence-electron chi connectivity index (χ2n) is 9.16. The smallest absolute Gasteiger partial charge is 0.303 e. The summed E-state index contributed by atoms with van der Waals surface area (Å²) >= 11 is 1.59. The number of carboxylic acid groups (broad SMARTS) is 1.